The molecule has 0 saturated heterocycles. The van der Waals surface area contributed by atoms with Crippen molar-refractivity contribution in [3.63, 3.8) is 0 Å². The van der Waals surface area contributed by atoms with Gasteiger partial charge in [-0.15, -0.1) is 0 Å². The van der Waals surface area contributed by atoms with E-state index in [-0.39, 0.29) is 23.2 Å². The number of benzene rings is 1. The summed E-state index contributed by atoms with van der Waals surface area (Å²) in [7, 11) is 0. The monoisotopic (exact) mass is 274 g/mol. The standard InChI is InChI=1S/C12H10N4O4/c13-12(15-17)8-5-6-11(14-7-8)20-10-4-2-1-3-9(10)16(18)19/h1-7,17H,(H2,13,15). The molecule has 1 aromatic carbocycles. The second kappa shape index (κ2) is 5.65. The number of pyridine rings is 1. The summed E-state index contributed by atoms with van der Waals surface area (Å²) in [5, 5.41) is 22.2. The molecule has 0 aliphatic heterocycles. The third-order valence-corrected chi connectivity index (χ3v) is 2.42. The highest BCUT2D eigenvalue weighted by Gasteiger charge is 2.14. The Labute approximate surface area is 113 Å². The van der Waals surface area contributed by atoms with Crippen LogP contribution in [0.2, 0.25) is 0 Å². The van der Waals surface area contributed by atoms with Gasteiger partial charge in [0.05, 0.1) is 4.92 Å². The zero-order chi connectivity index (χ0) is 14.5. The highest BCUT2D eigenvalue weighted by atomic mass is 16.6. The molecule has 0 bridgehead atoms. The first-order valence-electron chi connectivity index (χ1n) is 5.47. The molecule has 0 saturated carbocycles. The molecule has 0 amide bonds. The molecule has 3 N–H and O–H groups in total. The van der Waals surface area contributed by atoms with Crippen LogP contribution in [0.3, 0.4) is 0 Å². The highest BCUT2D eigenvalue weighted by Crippen LogP contribution is 2.29. The number of amidine groups is 1. The summed E-state index contributed by atoms with van der Waals surface area (Å²) in [6.07, 6.45) is 1.33. The number of hydrogen-bond donors (Lipinski definition) is 2. The quantitative estimate of drug-likeness (QED) is 0.288. The molecule has 102 valence electrons. The Hall–Kier alpha value is -3.16. The van der Waals surface area contributed by atoms with Crippen LogP contribution in [0, 0.1) is 10.1 Å². The first-order chi connectivity index (χ1) is 9.61. The largest absolute Gasteiger partial charge is 0.432 e. The number of nitrogens with two attached hydrogens (primary N) is 1. The van der Waals surface area contributed by atoms with E-state index in [4.69, 9.17) is 15.7 Å². The number of nitro groups is 1. The molecule has 2 aromatic rings. The first kappa shape index (κ1) is 13.3. The maximum atomic E-state index is 10.8. The maximum Gasteiger partial charge on any atom is 0.311 e. The lowest BCUT2D eigenvalue weighted by Crippen LogP contribution is -2.13. The minimum Gasteiger partial charge on any atom is -0.432 e. The normalized spacial score (nSPS) is 11.1. The molecule has 0 fully saturated rings. The van der Waals surface area contributed by atoms with Crippen LogP contribution in [0.1, 0.15) is 5.56 Å². The van der Waals surface area contributed by atoms with Gasteiger partial charge in [0, 0.05) is 23.9 Å². The zero-order valence-electron chi connectivity index (χ0n) is 10.1. The molecule has 1 heterocycles. The van der Waals surface area contributed by atoms with Gasteiger partial charge in [0.25, 0.3) is 0 Å². The van der Waals surface area contributed by atoms with Gasteiger partial charge in [0.1, 0.15) is 0 Å². The minimum atomic E-state index is -0.542. The molecule has 0 spiro atoms. The van der Waals surface area contributed by atoms with E-state index < -0.39 is 4.92 Å². The summed E-state index contributed by atoms with van der Waals surface area (Å²) < 4.78 is 5.34. The van der Waals surface area contributed by atoms with Crippen molar-refractivity contribution in [3.05, 3.63) is 58.3 Å². The van der Waals surface area contributed by atoms with Gasteiger partial charge in [-0.25, -0.2) is 4.98 Å². The van der Waals surface area contributed by atoms with Gasteiger partial charge in [-0.1, -0.05) is 17.3 Å². The Morgan fingerprint density at radius 2 is 2.10 bits per heavy atom. The van der Waals surface area contributed by atoms with E-state index in [0.29, 0.717) is 5.56 Å². The van der Waals surface area contributed by atoms with Crippen LogP contribution in [-0.2, 0) is 0 Å². The lowest BCUT2D eigenvalue weighted by molar-refractivity contribution is -0.385. The fraction of sp³-hybridized carbons (Fsp3) is 0. The number of nitro benzene ring substituents is 1. The van der Waals surface area contributed by atoms with Gasteiger partial charge in [0.2, 0.25) is 11.6 Å². The van der Waals surface area contributed by atoms with Gasteiger partial charge in [-0.2, -0.15) is 0 Å². The smallest absolute Gasteiger partial charge is 0.311 e. The van der Waals surface area contributed by atoms with Gasteiger partial charge in [-0.3, -0.25) is 10.1 Å². The number of aromatic nitrogens is 1. The molecular formula is C12H10N4O4. The Morgan fingerprint density at radius 3 is 2.70 bits per heavy atom. The lowest BCUT2D eigenvalue weighted by atomic mass is 10.2. The average Bonchev–Trinajstić information content (AvgIpc) is 2.47. The first-order valence-corrected chi connectivity index (χ1v) is 5.47. The maximum absolute atomic E-state index is 10.8. The molecule has 20 heavy (non-hydrogen) atoms. The van der Waals surface area contributed by atoms with Crippen LogP contribution < -0.4 is 10.5 Å². The van der Waals surface area contributed by atoms with E-state index in [0.717, 1.165) is 0 Å². The molecule has 0 aliphatic rings. The molecule has 8 nitrogen and oxygen atoms in total. The zero-order valence-corrected chi connectivity index (χ0v) is 10.1. The van der Waals surface area contributed by atoms with E-state index >= 15 is 0 Å². The highest BCUT2D eigenvalue weighted by molar-refractivity contribution is 5.96. The molecule has 1 aromatic heterocycles. The summed E-state index contributed by atoms with van der Waals surface area (Å²) in [5.74, 6) is 0.157. The number of hydrogen-bond acceptors (Lipinski definition) is 6. The third kappa shape index (κ3) is 2.80. The summed E-state index contributed by atoms with van der Waals surface area (Å²) >= 11 is 0. The van der Waals surface area contributed by atoms with Crippen molar-refractivity contribution in [2.75, 3.05) is 0 Å². The van der Waals surface area contributed by atoms with Crippen LogP contribution in [0.15, 0.2) is 47.8 Å². The predicted molar refractivity (Wildman–Crippen MR) is 69.9 cm³/mol. The fourth-order valence-electron chi connectivity index (χ4n) is 1.46. The van der Waals surface area contributed by atoms with Crippen molar-refractivity contribution < 1.29 is 14.9 Å². The van der Waals surface area contributed by atoms with Crippen molar-refractivity contribution in [1.82, 2.24) is 4.98 Å². The molecule has 0 atom stereocenters. The third-order valence-electron chi connectivity index (χ3n) is 2.42. The van der Waals surface area contributed by atoms with Crippen molar-refractivity contribution >= 4 is 11.5 Å². The van der Waals surface area contributed by atoms with E-state index in [1.165, 1.54) is 30.5 Å². The van der Waals surface area contributed by atoms with Crippen LogP contribution >= 0.6 is 0 Å². The number of ether oxygens (including phenoxy) is 1. The summed E-state index contributed by atoms with van der Waals surface area (Å²) in [4.78, 5) is 14.2. The van der Waals surface area contributed by atoms with Gasteiger partial charge in [0.15, 0.2) is 5.84 Å². The Bertz CT molecular complexity index is 655. The number of oxime groups is 1. The number of nitrogens with zero attached hydrogens (tertiary/aromatic N) is 3. The number of para-hydroxylation sites is 2. The van der Waals surface area contributed by atoms with Crippen LogP contribution in [0.25, 0.3) is 0 Å². The Kier molecular flexibility index (Phi) is 3.75. The molecule has 0 unspecified atom stereocenters. The van der Waals surface area contributed by atoms with Crippen LogP contribution in [0.4, 0.5) is 5.69 Å². The minimum absolute atomic E-state index is 0.0848. The van der Waals surface area contributed by atoms with Crippen molar-refractivity contribution in [1.29, 1.82) is 0 Å². The SMILES string of the molecule is N/C(=N\O)c1ccc(Oc2ccccc2[N+](=O)[O-])nc1. The molecule has 0 radical (unpaired) electrons. The van der Waals surface area contributed by atoms with Gasteiger partial charge >= 0.3 is 5.69 Å². The van der Waals surface area contributed by atoms with Gasteiger partial charge < -0.3 is 15.7 Å². The van der Waals surface area contributed by atoms with Crippen molar-refractivity contribution in [2.24, 2.45) is 10.9 Å². The molecule has 2 rings (SSSR count). The average molecular weight is 274 g/mol. The van der Waals surface area contributed by atoms with E-state index in [9.17, 15) is 10.1 Å². The lowest BCUT2D eigenvalue weighted by Gasteiger charge is -2.05. The number of rotatable bonds is 4. The summed E-state index contributed by atoms with van der Waals surface area (Å²) in [6, 6.07) is 8.95. The summed E-state index contributed by atoms with van der Waals surface area (Å²) in [6.45, 7) is 0. The predicted octanol–water partition coefficient (Wildman–Crippen LogP) is 1.88. The fourth-order valence-corrected chi connectivity index (χ4v) is 1.46. The Morgan fingerprint density at radius 1 is 1.35 bits per heavy atom. The Balaban J connectivity index is 2.25. The van der Waals surface area contributed by atoms with E-state index in [1.54, 1.807) is 12.1 Å². The molecule has 8 heteroatoms. The van der Waals surface area contributed by atoms with E-state index in [2.05, 4.69) is 10.1 Å². The summed E-state index contributed by atoms with van der Waals surface area (Å²) in [5.41, 5.74) is 5.64. The second-order valence-corrected chi connectivity index (χ2v) is 3.70. The van der Waals surface area contributed by atoms with Crippen LogP contribution in [0.5, 0.6) is 11.6 Å². The molecule has 0 aliphatic carbocycles. The van der Waals surface area contributed by atoms with E-state index in [1.807, 2.05) is 0 Å². The van der Waals surface area contributed by atoms with Crippen molar-refractivity contribution in [2.45, 2.75) is 0 Å². The topological polar surface area (TPSA) is 124 Å². The molecular weight excluding hydrogens is 264 g/mol. The van der Waals surface area contributed by atoms with Crippen molar-refractivity contribution in [3.8, 4) is 11.6 Å². The van der Waals surface area contributed by atoms with Gasteiger partial charge in [-0.05, 0) is 12.1 Å². The van der Waals surface area contributed by atoms with Crippen LogP contribution in [-0.4, -0.2) is 21.0 Å². The second-order valence-electron chi connectivity index (χ2n) is 3.70.